The van der Waals surface area contributed by atoms with E-state index in [0.29, 0.717) is 6.04 Å². The number of rotatable bonds is 4. The fraction of sp³-hybridized carbons (Fsp3) is 0.471. The van der Waals surface area contributed by atoms with Gasteiger partial charge in [0.25, 0.3) is 0 Å². The van der Waals surface area contributed by atoms with Gasteiger partial charge in [0.2, 0.25) is 0 Å². The van der Waals surface area contributed by atoms with Gasteiger partial charge in [-0.15, -0.1) is 0 Å². The highest BCUT2D eigenvalue weighted by Crippen LogP contribution is 2.32. The van der Waals surface area contributed by atoms with E-state index in [9.17, 15) is 4.79 Å². The van der Waals surface area contributed by atoms with Crippen LogP contribution in [0.2, 0.25) is 0 Å². The summed E-state index contributed by atoms with van der Waals surface area (Å²) in [6.45, 7) is 3.37. The lowest BCUT2D eigenvalue weighted by Crippen LogP contribution is -2.37. The molecule has 1 aromatic heterocycles. The van der Waals surface area contributed by atoms with Crippen molar-refractivity contribution in [2.75, 3.05) is 13.6 Å². The van der Waals surface area contributed by atoms with Gasteiger partial charge in [0, 0.05) is 28.7 Å². The zero-order valence-corrected chi connectivity index (χ0v) is 12.3. The number of aromatic amines is 1. The summed E-state index contributed by atoms with van der Waals surface area (Å²) in [6.07, 6.45) is 7.38. The van der Waals surface area contributed by atoms with E-state index >= 15 is 0 Å². The van der Waals surface area contributed by atoms with Gasteiger partial charge in [-0.05, 0) is 56.5 Å². The molecule has 0 bridgehead atoms. The molecule has 0 saturated heterocycles. The smallest absolute Gasteiger partial charge is 0.152 e. The number of likely N-dealkylation sites (N-methyl/N-ethyl adjacent to an activating group) is 1. The fourth-order valence-corrected chi connectivity index (χ4v) is 3.50. The Morgan fingerprint density at radius 1 is 1.45 bits per heavy atom. The van der Waals surface area contributed by atoms with Crippen LogP contribution >= 0.6 is 0 Å². The van der Waals surface area contributed by atoms with E-state index < -0.39 is 0 Å². The molecule has 1 N–H and O–H groups in total. The average molecular weight is 270 g/mol. The molecule has 1 aliphatic carbocycles. The highest BCUT2D eigenvalue weighted by atomic mass is 16.1. The molecule has 0 fully saturated rings. The molecule has 3 heteroatoms. The van der Waals surface area contributed by atoms with E-state index in [4.69, 9.17) is 0 Å². The summed E-state index contributed by atoms with van der Waals surface area (Å²) in [5.74, 6) is 0. The van der Waals surface area contributed by atoms with E-state index in [1.165, 1.54) is 24.0 Å². The highest BCUT2D eigenvalue weighted by molar-refractivity contribution is 5.99. The molecule has 0 spiro atoms. The number of carbonyl (C=O) groups is 1. The van der Waals surface area contributed by atoms with Gasteiger partial charge in [-0.25, -0.2) is 0 Å². The fourth-order valence-electron chi connectivity index (χ4n) is 3.50. The molecular formula is C17H22N2O. The van der Waals surface area contributed by atoms with Crippen LogP contribution in [-0.4, -0.2) is 35.8 Å². The molecule has 2 aromatic rings. The molecule has 1 atom stereocenters. The van der Waals surface area contributed by atoms with Crippen LogP contribution in [0.15, 0.2) is 18.3 Å². The molecule has 106 valence electrons. The number of aryl methyl sites for hydroxylation is 1. The van der Waals surface area contributed by atoms with Gasteiger partial charge >= 0.3 is 0 Å². The molecule has 0 saturated carbocycles. The lowest BCUT2D eigenvalue weighted by molar-refractivity contribution is 0.112. The minimum Gasteiger partial charge on any atom is -0.360 e. The predicted molar refractivity (Wildman–Crippen MR) is 82.4 cm³/mol. The molecule has 1 aliphatic rings. The topological polar surface area (TPSA) is 36.1 Å². The summed E-state index contributed by atoms with van der Waals surface area (Å²) >= 11 is 0. The molecule has 0 amide bonds. The molecular weight excluding hydrogens is 248 g/mol. The summed E-state index contributed by atoms with van der Waals surface area (Å²) < 4.78 is 0. The van der Waals surface area contributed by atoms with Crippen molar-refractivity contribution in [1.82, 2.24) is 9.88 Å². The van der Waals surface area contributed by atoms with E-state index in [2.05, 4.69) is 36.0 Å². The van der Waals surface area contributed by atoms with E-state index in [1.807, 2.05) is 6.20 Å². The Morgan fingerprint density at radius 3 is 3.05 bits per heavy atom. The quantitative estimate of drug-likeness (QED) is 0.866. The van der Waals surface area contributed by atoms with Gasteiger partial charge in [0.15, 0.2) is 6.29 Å². The largest absolute Gasteiger partial charge is 0.360 e. The van der Waals surface area contributed by atoms with Crippen molar-refractivity contribution in [3.05, 3.63) is 35.0 Å². The van der Waals surface area contributed by atoms with Crippen molar-refractivity contribution < 1.29 is 4.79 Å². The number of aromatic nitrogens is 1. The molecule has 0 aliphatic heterocycles. The first-order valence-corrected chi connectivity index (χ1v) is 7.51. The van der Waals surface area contributed by atoms with Crippen LogP contribution in [0, 0.1) is 0 Å². The van der Waals surface area contributed by atoms with Crippen molar-refractivity contribution in [3.63, 3.8) is 0 Å². The number of nitrogens with one attached hydrogen (secondary N) is 1. The summed E-state index contributed by atoms with van der Waals surface area (Å²) in [5, 5.41) is 1.15. The SMILES string of the molecule is CCCN(C)[C@H]1CCc2ccc3[nH]cc(C=O)c3c2C1. The van der Waals surface area contributed by atoms with E-state index in [1.54, 1.807) is 0 Å². The third-order valence-electron chi connectivity index (χ3n) is 4.60. The Hall–Kier alpha value is -1.61. The standard InChI is InChI=1S/C17H22N2O/c1-3-8-19(2)14-6-4-12-5-7-16-17(15(12)9-14)13(11-20)10-18-16/h5,7,10-11,14,18H,3-4,6,8-9H2,1-2H3/t14-/m0/s1. The van der Waals surface area contributed by atoms with Gasteiger partial charge in [-0.1, -0.05) is 13.0 Å². The number of H-pyrrole nitrogens is 1. The Kier molecular flexibility index (Phi) is 3.62. The van der Waals surface area contributed by atoms with Gasteiger partial charge in [0.1, 0.15) is 0 Å². The molecule has 20 heavy (non-hydrogen) atoms. The molecule has 1 heterocycles. The first-order chi connectivity index (χ1) is 9.74. The van der Waals surface area contributed by atoms with Crippen molar-refractivity contribution in [1.29, 1.82) is 0 Å². The highest BCUT2D eigenvalue weighted by Gasteiger charge is 2.24. The monoisotopic (exact) mass is 270 g/mol. The van der Waals surface area contributed by atoms with Crippen LogP contribution < -0.4 is 0 Å². The maximum absolute atomic E-state index is 11.3. The van der Waals surface area contributed by atoms with E-state index in [-0.39, 0.29) is 0 Å². The van der Waals surface area contributed by atoms with Gasteiger partial charge in [-0.3, -0.25) is 4.79 Å². The van der Waals surface area contributed by atoms with Gasteiger partial charge in [-0.2, -0.15) is 0 Å². The van der Waals surface area contributed by atoms with Crippen LogP contribution in [0.25, 0.3) is 10.9 Å². The van der Waals surface area contributed by atoms with Gasteiger partial charge in [0.05, 0.1) is 0 Å². The Morgan fingerprint density at radius 2 is 2.30 bits per heavy atom. The molecule has 3 nitrogen and oxygen atoms in total. The first kappa shape index (κ1) is 13.4. The van der Waals surface area contributed by atoms with Gasteiger partial charge < -0.3 is 9.88 Å². The van der Waals surface area contributed by atoms with Crippen LogP contribution in [0.1, 0.15) is 41.3 Å². The Bertz CT molecular complexity index is 629. The number of aldehydes is 1. The predicted octanol–water partition coefficient (Wildman–Crippen LogP) is 3.18. The summed E-state index contributed by atoms with van der Waals surface area (Å²) in [4.78, 5) is 16.9. The summed E-state index contributed by atoms with van der Waals surface area (Å²) in [6, 6.07) is 4.93. The maximum Gasteiger partial charge on any atom is 0.152 e. The van der Waals surface area contributed by atoms with Crippen LogP contribution in [0.4, 0.5) is 0 Å². The van der Waals surface area contributed by atoms with E-state index in [0.717, 1.165) is 42.1 Å². The number of hydrogen-bond acceptors (Lipinski definition) is 2. The number of carbonyl (C=O) groups excluding carboxylic acids is 1. The van der Waals surface area contributed by atoms with Crippen LogP contribution in [0.3, 0.4) is 0 Å². The minimum absolute atomic E-state index is 0.599. The maximum atomic E-state index is 11.3. The molecule has 1 aromatic carbocycles. The second-order valence-corrected chi connectivity index (χ2v) is 5.86. The summed E-state index contributed by atoms with van der Waals surface area (Å²) in [7, 11) is 2.22. The summed E-state index contributed by atoms with van der Waals surface area (Å²) in [5.41, 5.74) is 4.69. The zero-order valence-electron chi connectivity index (χ0n) is 12.3. The van der Waals surface area contributed by atoms with Crippen molar-refractivity contribution in [2.45, 2.75) is 38.6 Å². The first-order valence-electron chi connectivity index (χ1n) is 7.51. The van der Waals surface area contributed by atoms with Crippen molar-refractivity contribution >= 4 is 17.2 Å². The minimum atomic E-state index is 0.599. The van der Waals surface area contributed by atoms with Crippen LogP contribution in [0.5, 0.6) is 0 Å². The lowest BCUT2D eigenvalue weighted by Gasteiger charge is -2.32. The van der Waals surface area contributed by atoms with Crippen LogP contribution in [-0.2, 0) is 12.8 Å². The third kappa shape index (κ3) is 2.16. The number of benzene rings is 1. The Balaban J connectivity index is 2.02. The lowest BCUT2D eigenvalue weighted by atomic mass is 9.85. The third-order valence-corrected chi connectivity index (χ3v) is 4.60. The Labute approximate surface area is 120 Å². The molecule has 3 rings (SSSR count). The number of hydrogen-bond donors (Lipinski definition) is 1. The number of fused-ring (bicyclic) bond motifs is 3. The molecule has 0 radical (unpaired) electrons. The second kappa shape index (κ2) is 5.41. The normalized spacial score (nSPS) is 18.4. The molecule has 0 unspecified atom stereocenters. The van der Waals surface area contributed by atoms with Crippen molar-refractivity contribution in [2.24, 2.45) is 0 Å². The number of nitrogens with zero attached hydrogens (tertiary/aromatic N) is 1. The zero-order chi connectivity index (χ0) is 14.1. The second-order valence-electron chi connectivity index (χ2n) is 5.86. The average Bonchev–Trinajstić information content (AvgIpc) is 2.90. The van der Waals surface area contributed by atoms with Crippen molar-refractivity contribution in [3.8, 4) is 0 Å².